The van der Waals surface area contributed by atoms with E-state index >= 15 is 0 Å². The second kappa shape index (κ2) is 12.3. The Hall–Kier alpha value is -4.46. The number of aliphatic imine (C=N–C) groups is 1. The number of carbonyl (C=O) groups is 2. The molecule has 0 spiro atoms. The van der Waals surface area contributed by atoms with Crippen LogP contribution in [0.5, 0.6) is 0 Å². The first-order chi connectivity index (χ1) is 15.3. The normalized spacial score (nSPS) is 10.8. The molecule has 1 heterocycles. The molecule has 4 N–H and O–H groups in total. The average molecular weight is 432 g/mol. The van der Waals surface area contributed by atoms with E-state index in [-0.39, 0.29) is 0 Å². The van der Waals surface area contributed by atoms with Gasteiger partial charge in [-0.15, -0.1) is 0 Å². The molecule has 0 atom stereocenters. The molecule has 0 aliphatic heterocycles. The molecule has 1 aromatic heterocycles. The number of para-hydroxylation sites is 1. The van der Waals surface area contributed by atoms with Crippen molar-refractivity contribution in [1.29, 1.82) is 0 Å². The van der Waals surface area contributed by atoms with Crippen LogP contribution in [-0.2, 0) is 16.0 Å². The smallest absolute Gasteiger partial charge is 0.328 e. The van der Waals surface area contributed by atoms with Crippen molar-refractivity contribution in [1.82, 2.24) is 4.98 Å². The lowest BCUT2D eigenvalue weighted by Gasteiger charge is -2.17. The number of carboxylic acids is 2. The summed E-state index contributed by atoms with van der Waals surface area (Å²) in [5, 5.41) is 15.6. The third-order valence-electron chi connectivity index (χ3n) is 4.10. The molecule has 0 aliphatic rings. The van der Waals surface area contributed by atoms with Crippen LogP contribution in [0, 0.1) is 0 Å². The van der Waals surface area contributed by atoms with Crippen molar-refractivity contribution in [3.63, 3.8) is 0 Å². The predicted octanol–water partition coefficient (Wildman–Crippen LogP) is 3.47. The second-order valence-corrected chi connectivity index (χ2v) is 6.52. The van der Waals surface area contributed by atoms with Crippen LogP contribution in [-0.4, -0.2) is 40.1 Å². The minimum Gasteiger partial charge on any atom is -0.478 e. The summed E-state index contributed by atoms with van der Waals surface area (Å²) >= 11 is 0. The number of guanidine groups is 1. The maximum absolute atomic E-state index is 9.55. The summed E-state index contributed by atoms with van der Waals surface area (Å²) in [5.41, 5.74) is 9.30. The van der Waals surface area contributed by atoms with E-state index in [0.29, 0.717) is 23.9 Å². The van der Waals surface area contributed by atoms with Crippen molar-refractivity contribution in [2.75, 3.05) is 11.9 Å². The van der Waals surface area contributed by atoms with Crippen LogP contribution in [0.1, 0.15) is 11.3 Å². The van der Waals surface area contributed by atoms with Gasteiger partial charge in [-0.25, -0.2) is 14.6 Å². The number of nitrogens with two attached hydrogens (primary N) is 1. The molecular formula is C24H24N4O4. The minimum atomic E-state index is -1.26. The lowest BCUT2D eigenvalue weighted by atomic mass is 10.1. The molecule has 0 radical (unpaired) electrons. The number of hydrogen-bond donors (Lipinski definition) is 3. The highest BCUT2D eigenvalue weighted by Crippen LogP contribution is 2.15. The molecule has 0 bridgehead atoms. The van der Waals surface area contributed by atoms with Gasteiger partial charge in [0.1, 0.15) is 0 Å². The number of hydrogen-bond acceptors (Lipinski definition) is 4. The van der Waals surface area contributed by atoms with Crippen LogP contribution in [0.25, 0.3) is 0 Å². The van der Waals surface area contributed by atoms with E-state index in [0.717, 1.165) is 17.8 Å². The van der Waals surface area contributed by atoms with Crippen molar-refractivity contribution in [2.45, 2.75) is 6.42 Å². The van der Waals surface area contributed by atoms with Gasteiger partial charge in [0.15, 0.2) is 5.82 Å². The highest BCUT2D eigenvalue weighted by molar-refractivity contribution is 5.95. The number of carboxylic acid groups (broad SMARTS) is 2. The number of pyridine rings is 1. The Balaban J connectivity index is 0.000000390. The van der Waals surface area contributed by atoms with Gasteiger partial charge in [0, 0.05) is 37.0 Å². The Bertz CT molecular complexity index is 1070. The van der Waals surface area contributed by atoms with Crippen LogP contribution in [0.15, 0.2) is 96.0 Å². The quantitative estimate of drug-likeness (QED) is 0.309. The zero-order chi connectivity index (χ0) is 23.3. The van der Waals surface area contributed by atoms with Gasteiger partial charge in [0.25, 0.3) is 0 Å². The number of anilines is 1. The molecule has 3 rings (SSSR count). The molecule has 8 heteroatoms. The van der Waals surface area contributed by atoms with Crippen molar-refractivity contribution < 1.29 is 19.8 Å². The van der Waals surface area contributed by atoms with Gasteiger partial charge in [0.05, 0.1) is 0 Å². The van der Waals surface area contributed by atoms with E-state index in [2.05, 4.69) is 22.1 Å². The van der Waals surface area contributed by atoms with Gasteiger partial charge < -0.3 is 20.8 Å². The summed E-state index contributed by atoms with van der Waals surface area (Å²) < 4.78 is 0. The Morgan fingerprint density at radius 1 is 0.906 bits per heavy atom. The van der Waals surface area contributed by atoms with Crippen molar-refractivity contribution in [3.05, 3.63) is 102 Å². The van der Waals surface area contributed by atoms with E-state index < -0.39 is 11.9 Å². The predicted molar refractivity (Wildman–Crippen MR) is 124 cm³/mol. The van der Waals surface area contributed by atoms with Crippen molar-refractivity contribution in [2.24, 2.45) is 10.7 Å². The van der Waals surface area contributed by atoms with Crippen LogP contribution >= 0.6 is 0 Å². The van der Waals surface area contributed by atoms with Gasteiger partial charge in [-0.3, -0.25) is 0 Å². The van der Waals surface area contributed by atoms with Crippen molar-refractivity contribution in [3.8, 4) is 0 Å². The fourth-order valence-electron chi connectivity index (χ4n) is 2.55. The first-order valence-corrected chi connectivity index (χ1v) is 9.62. The third kappa shape index (κ3) is 8.50. The van der Waals surface area contributed by atoms with Crippen LogP contribution in [0.2, 0.25) is 0 Å². The molecule has 0 amide bonds. The monoisotopic (exact) mass is 432 g/mol. The zero-order valence-corrected chi connectivity index (χ0v) is 17.5. The van der Waals surface area contributed by atoms with E-state index in [1.807, 2.05) is 78.7 Å². The molecule has 164 valence electrons. The second-order valence-electron chi connectivity index (χ2n) is 6.52. The molecule has 2 aromatic carbocycles. The number of nitrogens with zero attached hydrogens (tertiary/aromatic N) is 3. The molecule has 0 saturated heterocycles. The molecule has 32 heavy (non-hydrogen) atoms. The summed E-state index contributed by atoms with van der Waals surface area (Å²) in [6.45, 7) is 0. The number of benzene rings is 2. The Morgan fingerprint density at radius 3 is 2.03 bits per heavy atom. The van der Waals surface area contributed by atoms with Gasteiger partial charge >= 0.3 is 11.9 Å². The number of aromatic nitrogens is 1. The van der Waals surface area contributed by atoms with E-state index in [9.17, 15) is 9.59 Å². The van der Waals surface area contributed by atoms with Gasteiger partial charge in [-0.05, 0) is 29.8 Å². The molecule has 0 aliphatic carbocycles. The molecule has 0 saturated carbocycles. The Kier molecular flexibility index (Phi) is 9.14. The van der Waals surface area contributed by atoms with E-state index in [1.54, 1.807) is 0 Å². The summed E-state index contributed by atoms with van der Waals surface area (Å²) in [7, 11) is 1.89. The zero-order valence-electron chi connectivity index (χ0n) is 17.5. The lowest BCUT2D eigenvalue weighted by Crippen LogP contribution is -2.33. The SMILES string of the molecule is CN(C(N)=Nc1cccc(Cc2ccccc2)n1)c1ccccc1.O=C(O)/C=C\C(=O)O. The van der Waals surface area contributed by atoms with Crippen molar-refractivity contribution >= 4 is 29.4 Å². The highest BCUT2D eigenvalue weighted by atomic mass is 16.4. The highest BCUT2D eigenvalue weighted by Gasteiger charge is 2.05. The number of rotatable bonds is 6. The number of aliphatic carboxylic acids is 2. The first kappa shape index (κ1) is 23.8. The summed E-state index contributed by atoms with van der Waals surface area (Å²) in [6.07, 6.45) is 1.89. The van der Waals surface area contributed by atoms with Crippen LogP contribution < -0.4 is 10.6 Å². The standard InChI is InChI=1S/C20H20N4.C4H4O4/c1-24(18-12-6-3-7-13-18)20(21)23-19-14-8-11-17(22-19)15-16-9-4-2-5-10-16;5-3(6)1-2-4(7)8/h2-14H,15H2,1H3,(H2,21,22,23);1-2H,(H,5,6)(H,7,8)/b;2-1-. The summed E-state index contributed by atoms with van der Waals surface area (Å²) in [5.74, 6) is -1.49. The van der Waals surface area contributed by atoms with Crippen LogP contribution in [0.3, 0.4) is 0 Å². The summed E-state index contributed by atoms with van der Waals surface area (Å²) in [4.78, 5) is 30.0. The van der Waals surface area contributed by atoms with E-state index in [4.69, 9.17) is 15.9 Å². The molecule has 8 nitrogen and oxygen atoms in total. The molecule has 0 fully saturated rings. The Morgan fingerprint density at radius 2 is 1.47 bits per heavy atom. The molecule has 0 unspecified atom stereocenters. The lowest BCUT2D eigenvalue weighted by molar-refractivity contribution is -0.134. The largest absolute Gasteiger partial charge is 0.478 e. The van der Waals surface area contributed by atoms with Gasteiger partial charge in [-0.2, -0.15) is 4.99 Å². The first-order valence-electron chi connectivity index (χ1n) is 9.62. The molecule has 3 aromatic rings. The minimum absolute atomic E-state index is 0.408. The van der Waals surface area contributed by atoms with E-state index in [1.165, 1.54) is 5.56 Å². The van der Waals surface area contributed by atoms with Gasteiger partial charge in [-0.1, -0.05) is 54.6 Å². The molecular weight excluding hydrogens is 408 g/mol. The average Bonchev–Trinajstić information content (AvgIpc) is 2.79. The van der Waals surface area contributed by atoms with Crippen LogP contribution in [0.4, 0.5) is 11.5 Å². The maximum Gasteiger partial charge on any atom is 0.328 e. The fourth-order valence-corrected chi connectivity index (χ4v) is 2.55. The maximum atomic E-state index is 9.55. The summed E-state index contributed by atoms with van der Waals surface area (Å²) in [6, 6.07) is 26.0. The Labute approximate surface area is 186 Å². The topological polar surface area (TPSA) is 129 Å². The fraction of sp³-hybridized carbons (Fsp3) is 0.0833. The third-order valence-corrected chi connectivity index (χ3v) is 4.10. The van der Waals surface area contributed by atoms with Gasteiger partial charge in [0.2, 0.25) is 5.96 Å².